The molecule has 1 aromatic rings. The van der Waals surface area contributed by atoms with Crippen LogP contribution in [0.5, 0.6) is 0 Å². The van der Waals surface area contributed by atoms with E-state index in [1.807, 2.05) is 19.1 Å². The zero-order chi connectivity index (χ0) is 8.10. The van der Waals surface area contributed by atoms with Crippen LogP contribution in [0.15, 0.2) is 12.3 Å². The van der Waals surface area contributed by atoms with Gasteiger partial charge in [0.25, 0.3) is 0 Å². The topological polar surface area (TPSA) is 48.9 Å². The van der Waals surface area contributed by atoms with Crippen LogP contribution >= 0.6 is 0 Å². The van der Waals surface area contributed by atoms with E-state index < -0.39 is 0 Å². The molecule has 3 nitrogen and oxygen atoms in total. The first-order valence-corrected chi connectivity index (χ1v) is 3.62. The number of aromatic nitrogens is 2. The quantitative estimate of drug-likeness (QED) is 0.681. The molecule has 3 heteroatoms. The van der Waals surface area contributed by atoms with Gasteiger partial charge in [-0.2, -0.15) is 5.10 Å². The van der Waals surface area contributed by atoms with Crippen LogP contribution in [-0.4, -0.2) is 21.9 Å². The van der Waals surface area contributed by atoms with Crippen LogP contribution in [0.25, 0.3) is 6.08 Å². The number of rotatable bonds is 3. The lowest BCUT2D eigenvalue weighted by Crippen LogP contribution is -1.77. The van der Waals surface area contributed by atoms with E-state index >= 15 is 0 Å². The molecule has 0 saturated heterocycles. The number of aromatic amines is 1. The number of aliphatic hydroxyl groups is 1. The van der Waals surface area contributed by atoms with E-state index in [9.17, 15) is 0 Å². The monoisotopic (exact) mass is 152 g/mol. The van der Waals surface area contributed by atoms with Gasteiger partial charge in [0.2, 0.25) is 0 Å². The number of H-pyrrole nitrogens is 1. The number of nitrogens with one attached hydrogen (secondary N) is 1. The van der Waals surface area contributed by atoms with Crippen molar-refractivity contribution in [3.05, 3.63) is 23.5 Å². The molecule has 0 aliphatic rings. The maximum Gasteiger partial charge on any atom is 0.0562 e. The fourth-order valence-corrected chi connectivity index (χ4v) is 0.813. The molecule has 0 saturated carbocycles. The van der Waals surface area contributed by atoms with Crippen molar-refractivity contribution in [2.75, 3.05) is 6.61 Å². The molecule has 1 heterocycles. The highest BCUT2D eigenvalue weighted by molar-refractivity contribution is 5.49. The van der Waals surface area contributed by atoms with E-state index in [-0.39, 0.29) is 6.61 Å². The molecule has 0 aliphatic carbocycles. The third-order valence-electron chi connectivity index (χ3n) is 1.46. The van der Waals surface area contributed by atoms with Gasteiger partial charge in [-0.1, -0.05) is 12.2 Å². The summed E-state index contributed by atoms with van der Waals surface area (Å²) in [4.78, 5) is 0. The van der Waals surface area contributed by atoms with Crippen LogP contribution in [0.1, 0.15) is 17.7 Å². The van der Waals surface area contributed by atoms with Crippen molar-refractivity contribution in [2.45, 2.75) is 13.3 Å². The van der Waals surface area contributed by atoms with Crippen LogP contribution in [0.3, 0.4) is 0 Å². The van der Waals surface area contributed by atoms with Crippen LogP contribution < -0.4 is 0 Å². The summed E-state index contributed by atoms with van der Waals surface area (Å²) in [6.07, 6.45) is 6.35. The first-order chi connectivity index (χ1) is 5.34. The molecule has 0 unspecified atom stereocenters. The number of nitrogens with zero attached hydrogens (tertiary/aromatic N) is 1. The Morgan fingerprint density at radius 1 is 1.73 bits per heavy atom. The smallest absolute Gasteiger partial charge is 0.0562 e. The number of hydrogen-bond donors (Lipinski definition) is 2. The zero-order valence-corrected chi connectivity index (χ0v) is 6.54. The Morgan fingerprint density at radius 2 is 2.55 bits per heavy atom. The third kappa shape index (κ3) is 2.20. The predicted octanol–water partition coefficient (Wildman–Crippen LogP) is 1.11. The second-order valence-electron chi connectivity index (χ2n) is 2.36. The van der Waals surface area contributed by atoms with Crippen molar-refractivity contribution in [1.82, 2.24) is 10.2 Å². The second kappa shape index (κ2) is 3.93. The summed E-state index contributed by atoms with van der Waals surface area (Å²) < 4.78 is 0. The van der Waals surface area contributed by atoms with Gasteiger partial charge < -0.3 is 5.11 Å². The number of hydrogen-bond acceptors (Lipinski definition) is 2. The number of aryl methyl sites for hydroxylation is 1. The Bertz CT molecular complexity index is 240. The van der Waals surface area contributed by atoms with Crippen molar-refractivity contribution in [3.8, 4) is 0 Å². The molecule has 60 valence electrons. The van der Waals surface area contributed by atoms with E-state index in [2.05, 4.69) is 10.2 Å². The van der Waals surface area contributed by atoms with Crippen LogP contribution in [0.4, 0.5) is 0 Å². The third-order valence-corrected chi connectivity index (χ3v) is 1.46. The van der Waals surface area contributed by atoms with Gasteiger partial charge in [-0.15, -0.1) is 0 Å². The molecule has 0 aliphatic heterocycles. The molecule has 0 amide bonds. The molecule has 1 aromatic heterocycles. The lowest BCUT2D eigenvalue weighted by Gasteiger charge is -1.87. The van der Waals surface area contributed by atoms with E-state index in [0.717, 1.165) is 11.3 Å². The van der Waals surface area contributed by atoms with E-state index in [1.54, 1.807) is 6.20 Å². The average Bonchev–Trinajstić information content (AvgIpc) is 2.37. The maximum absolute atomic E-state index is 8.49. The Morgan fingerprint density at radius 3 is 3.09 bits per heavy atom. The predicted molar refractivity (Wildman–Crippen MR) is 44.1 cm³/mol. The van der Waals surface area contributed by atoms with E-state index in [1.165, 1.54) is 0 Å². The van der Waals surface area contributed by atoms with Gasteiger partial charge in [-0.25, -0.2) is 0 Å². The molecule has 0 spiro atoms. The van der Waals surface area contributed by atoms with Gasteiger partial charge in [-0.05, 0) is 13.3 Å². The Labute approximate surface area is 65.8 Å². The van der Waals surface area contributed by atoms with Crippen molar-refractivity contribution in [1.29, 1.82) is 0 Å². The minimum atomic E-state index is 0.202. The lowest BCUT2D eigenvalue weighted by molar-refractivity contribution is 0.303. The largest absolute Gasteiger partial charge is 0.396 e. The van der Waals surface area contributed by atoms with Gasteiger partial charge in [0, 0.05) is 17.9 Å². The van der Waals surface area contributed by atoms with Crippen molar-refractivity contribution >= 4 is 6.08 Å². The average molecular weight is 152 g/mol. The van der Waals surface area contributed by atoms with Crippen LogP contribution in [0, 0.1) is 6.92 Å². The second-order valence-corrected chi connectivity index (χ2v) is 2.36. The van der Waals surface area contributed by atoms with Gasteiger partial charge in [0.05, 0.1) is 6.20 Å². The summed E-state index contributed by atoms with van der Waals surface area (Å²) in [7, 11) is 0. The van der Waals surface area contributed by atoms with Crippen molar-refractivity contribution in [3.63, 3.8) is 0 Å². The summed E-state index contributed by atoms with van der Waals surface area (Å²) >= 11 is 0. The molecule has 0 bridgehead atoms. The van der Waals surface area contributed by atoms with Crippen molar-refractivity contribution < 1.29 is 5.11 Å². The normalized spacial score (nSPS) is 11.1. The SMILES string of the molecule is Cc1[nH]ncc1C=CCCO. The molecule has 1 rings (SSSR count). The Kier molecular flexibility index (Phi) is 2.86. The molecular weight excluding hydrogens is 140 g/mol. The highest BCUT2D eigenvalue weighted by Crippen LogP contribution is 2.04. The highest BCUT2D eigenvalue weighted by atomic mass is 16.2. The molecule has 0 radical (unpaired) electrons. The van der Waals surface area contributed by atoms with E-state index in [4.69, 9.17) is 5.11 Å². The van der Waals surface area contributed by atoms with Gasteiger partial charge in [-0.3, -0.25) is 5.10 Å². The summed E-state index contributed by atoms with van der Waals surface area (Å²) in [5, 5.41) is 15.2. The summed E-state index contributed by atoms with van der Waals surface area (Å²) in [5.41, 5.74) is 2.14. The van der Waals surface area contributed by atoms with Crippen LogP contribution in [-0.2, 0) is 0 Å². The molecule has 2 N–H and O–H groups in total. The molecule has 11 heavy (non-hydrogen) atoms. The van der Waals surface area contributed by atoms with E-state index in [0.29, 0.717) is 6.42 Å². The van der Waals surface area contributed by atoms with Crippen LogP contribution in [0.2, 0.25) is 0 Å². The Balaban J connectivity index is 2.56. The maximum atomic E-state index is 8.49. The molecular formula is C8H12N2O. The summed E-state index contributed by atoms with van der Waals surface area (Å²) in [6.45, 7) is 2.17. The first-order valence-electron chi connectivity index (χ1n) is 3.62. The standard InChI is InChI=1S/C8H12N2O/c1-7-8(6-9-10-7)4-2-3-5-11/h2,4,6,11H,3,5H2,1H3,(H,9,10). The summed E-state index contributed by atoms with van der Waals surface area (Å²) in [6, 6.07) is 0. The van der Waals surface area contributed by atoms with Crippen molar-refractivity contribution in [2.24, 2.45) is 0 Å². The van der Waals surface area contributed by atoms with Gasteiger partial charge >= 0.3 is 0 Å². The fourth-order valence-electron chi connectivity index (χ4n) is 0.813. The number of aliphatic hydroxyl groups excluding tert-OH is 1. The summed E-state index contributed by atoms with van der Waals surface area (Å²) in [5.74, 6) is 0. The van der Waals surface area contributed by atoms with Gasteiger partial charge in [0.15, 0.2) is 0 Å². The molecule has 0 atom stereocenters. The zero-order valence-electron chi connectivity index (χ0n) is 6.54. The van der Waals surface area contributed by atoms with Gasteiger partial charge in [0.1, 0.15) is 0 Å². The first kappa shape index (κ1) is 8.01. The lowest BCUT2D eigenvalue weighted by atomic mass is 10.2. The highest BCUT2D eigenvalue weighted by Gasteiger charge is 1.92. The Hall–Kier alpha value is -1.09. The molecule has 0 fully saturated rings. The minimum Gasteiger partial charge on any atom is -0.396 e. The minimum absolute atomic E-state index is 0.202. The molecule has 0 aromatic carbocycles. The fraction of sp³-hybridized carbons (Fsp3) is 0.375.